The van der Waals surface area contributed by atoms with Gasteiger partial charge in [-0.2, -0.15) is 0 Å². The van der Waals surface area contributed by atoms with Crippen molar-refractivity contribution in [2.45, 2.75) is 50.7 Å². The molecule has 0 saturated carbocycles. The van der Waals surface area contributed by atoms with E-state index in [-0.39, 0.29) is 11.9 Å². The largest absolute Gasteiger partial charge is 0.384 e. The third kappa shape index (κ3) is 5.06. The minimum absolute atomic E-state index is 0.197. The Balaban J connectivity index is 1.39. The third-order valence-electron chi connectivity index (χ3n) is 6.16. The molecule has 1 unspecified atom stereocenters. The second-order valence-corrected chi connectivity index (χ2v) is 8.51. The molecule has 4 rings (SSSR count). The molecule has 0 spiro atoms. The summed E-state index contributed by atoms with van der Waals surface area (Å²) >= 11 is 0. The minimum atomic E-state index is -2.93. The maximum absolute atomic E-state index is 13.6. The number of fused-ring (bicyclic) bond motifs is 1. The van der Waals surface area contributed by atoms with Crippen LogP contribution in [0.1, 0.15) is 54.6 Å². The summed E-state index contributed by atoms with van der Waals surface area (Å²) in [5, 5.41) is 8.68. The Hall–Kier alpha value is -3.40. The maximum atomic E-state index is 13.6. The lowest BCUT2D eigenvalue weighted by molar-refractivity contribution is -0.129. The average molecular weight is 473 g/mol. The topological polar surface area (TPSA) is 109 Å². The van der Waals surface area contributed by atoms with Gasteiger partial charge < -0.3 is 21.7 Å². The standard InChI is InChI=1S/C24H26F3N5O2/c1-12(23(33)32-19-6-5-18-15(19)3-7-21(28)31-18)30-24(34)20-11-14(8-9-29-20)13-2-4-17(25)16(10-13)22(26)27/h2-4,7,10-12,19-20,22,29H,5-6,8-9H2,1H3,(H2,28,31)(H,30,34)(H,32,33)/t12-,19+,20?/m0/s1. The molecule has 34 heavy (non-hydrogen) atoms. The van der Waals surface area contributed by atoms with E-state index in [1.165, 1.54) is 6.07 Å². The van der Waals surface area contributed by atoms with Crippen LogP contribution in [0.2, 0.25) is 0 Å². The number of benzene rings is 1. The fourth-order valence-corrected chi connectivity index (χ4v) is 4.32. The lowest BCUT2D eigenvalue weighted by atomic mass is 9.95. The van der Waals surface area contributed by atoms with E-state index in [0.29, 0.717) is 42.8 Å². The van der Waals surface area contributed by atoms with Gasteiger partial charge in [0, 0.05) is 12.2 Å². The van der Waals surface area contributed by atoms with Crippen LogP contribution in [-0.2, 0) is 16.0 Å². The van der Waals surface area contributed by atoms with Crippen molar-refractivity contribution in [1.82, 2.24) is 20.9 Å². The van der Waals surface area contributed by atoms with Crippen LogP contribution < -0.4 is 21.7 Å². The number of rotatable bonds is 6. The van der Waals surface area contributed by atoms with Crippen molar-refractivity contribution >= 4 is 23.2 Å². The highest BCUT2D eigenvalue weighted by Crippen LogP contribution is 2.31. The van der Waals surface area contributed by atoms with E-state index in [1.807, 2.05) is 6.07 Å². The number of nitrogens with one attached hydrogen (secondary N) is 3. The quantitative estimate of drug-likeness (QED) is 0.516. The third-order valence-corrected chi connectivity index (χ3v) is 6.16. The van der Waals surface area contributed by atoms with Gasteiger partial charge in [-0.25, -0.2) is 18.2 Å². The highest BCUT2D eigenvalue weighted by Gasteiger charge is 2.29. The van der Waals surface area contributed by atoms with Gasteiger partial charge in [-0.15, -0.1) is 0 Å². The molecular formula is C24H26F3N5O2. The zero-order valence-corrected chi connectivity index (χ0v) is 18.6. The van der Waals surface area contributed by atoms with E-state index in [4.69, 9.17) is 5.73 Å². The zero-order chi connectivity index (χ0) is 24.4. The number of aryl methyl sites for hydroxylation is 1. The summed E-state index contributed by atoms with van der Waals surface area (Å²) in [4.78, 5) is 29.8. The average Bonchev–Trinajstić information content (AvgIpc) is 3.20. The molecule has 0 fully saturated rings. The monoisotopic (exact) mass is 473 g/mol. The smallest absolute Gasteiger partial charge is 0.266 e. The fourth-order valence-electron chi connectivity index (χ4n) is 4.32. The zero-order valence-electron chi connectivity index (χ0n) is 18.6. The Morgan fingerprint density at radius 2 is 2.00 bits per heavy atom. The van der Waals surface area contributed by atoms with Crippen LogP contribution >= 0.6 is 0 Å². The molecule has 5 N–H and O–H groups in total. The van der Waals surface area contributed by atoms with Crippen LogP contribution in [0.25, 0.3) is 5.57 Å². The molecule has 2 aliphatic rings. The van der Waals surface area contributed by atoms with Crippen molar-refractivity contribution in [3.8, 4) is 0 Å². The first kappa shape index (κ1) is 23.7. The molecule has 1 aromatic heterocycles. The summed E-state index contributed by atoms with van der Waals surface area (Å²) in [6.07, 6.45) is 0.596. The molecule has 1 aliphatic heterocycles. The Kier molecular flexibility index (Phi) is 6.87. The number of halogens is 3. The van der Waals surface area contributed by atoms with Crippen molar-refractivity contribution in [3.05, 3.63) is 64.6 Å². The van der Waals surface area contributed by atoms with E-state index in [0.717, 1.165) is 23.4 Å². The second kappa shape index (κ2) is 9.84. The van der Waals surface area contributed by atoms with Gasteiger partial charge in [0.05, 0.1) is 11.6 Å². The molecule has 2 amide bonds. The van der Waals surface area contributed by atoms with Gasteiger partial charge in [0.1, 0.15) is 23.7 Å². The van der Waals surface area contributed by atoms with E-state index in [9.17, 15) is 22.8 Å². The Morgan fingerprint density at radius 3 is 2.76 bits per heavy atom. The highest BCUT2D eigenvalue weighted by molar-refractivity contribution is 5.92. The SMILES string of the molecule is C[C@H](NC(=O)C1C=C(c2ccc(F)c(C(F)F)c2)CCN1)C(=O)N[C@@H]1CCc2nc(N)ccc21. The molecule has 0 saturated heterocycles. The number of nitrogen functional groups attached to an aromatic ring is 1. The van der Waals surface area contributed by atoms with Crippen molar-refractivity contribution in [2.75, 3.05) is 12.3 Å². The number of anilines is 1. The summed E-state index contributed by atoms with van der Waals surface area (Å²) in [6, 6.07) is 5.34. The number of pyridine rings is 1. The predicted molar refractivity (Wildman–Crippen MR) is 121 cm³/mol. The summed E-state index contributed by atoms with van der Waals surface area (Å²) < 4.78 is 39.8. The number of carbonyl (C=O) groups excluding carboxylic acids is 2. The predicted octanol–water partition coefficient (Wildman–Crippen LogP) is 2.79. The molecule has 1 aliphatic carbocycles. The molecular weight excluding hydrogens is 447 g/mol. The summed E-state index contributed by atoms with van der Waals surface area (Å²) in [5.74, 6) is -1.28. The van der Waals surface area contributed by atoms with Crippen LogP contribution in [0.5, 0.6) is 0 Å². The molecule has 0 bridgehead atoms. The minimum Gasteiger partial charge on any atom is -0.384 e. The summed E-state index contributed by atoms with van der Waals surface area (Å²) in [6.45, 7) is 2.02. The number of hydrogen-bond donors (Lipinski definition) is 4. The van der Waals surface area contributed by atoms with Crippen molar-refractivity contribution in [1.29, 1.82) is 0 Å². The molecule has 3 atom stereocenters. The number of amides is 2. The van der Waals surface area contributed by atoms with Crippen LogP contribution in [0, 0.1) is 5.82 Å². The molecule has 2 heterocycles. The van der Waals surface area contributed by atoms with E-state index >= 15 is 0 Å². The van der Waals surface area contributed by atoms with E-state index in [1.54, 1.807) is 19.1 Å². The highest BCUT2D eigenvalue weighted by atomic mass is 19.3. The lowest BCUT2D eigenvalue weighted by Gasteiger charge is -2.25. The van der Waals surface area contributed by atoms with E-state index in [2.05, 4.69) is 20.9 Å². The van der Waals surface area contributed by atoms with Crippen molar-refractivity contribution in [2.24, 2.45) is 0 Å². The molecule has 180 valence electrons. The Labute approximate surface area is 195 Å². The number of carbonyl (C=O) groups is 2. The summed E-state index contributed by atoms with van der Waals surface area (Å²) in [5.41, 5.74) is 7.93. The van der Waals surface area contributed by atoms with Crippen LogP contribution in [0.3, 0.4) is 0 Å². The maximum Gasteiger partial charge on any atom is 0.266 e. The summed E-state index contributed by atoms with van der Waals surface area (Å²) in [7, 11) is 0. The van der Waals surface area contributed by atoms with Gasteiger partial charge in [-0.05, 0) is 61.1 Å². The van der Waals surface area contributed by atoms with E-state index < -0.39 is 35.8 Å². The Bertz CT molecular complexity index is 1140. The van der Waals surface area contributed by atoms with Crippen molar-refractivity contribution in [3.63, 3.8) is 0 Å². The normalized spacial score (nSPS) is 20.4. The van der Waals surface area contributed by atoms with Gasteiger partial charge in [-0.1, -0.05) is 18.2 Å². The number of hydrogen-bond acceptors (Lipinski definition) is 5. The number of nitrogens with two attached hydrogens (primary N) is 1. The van der Waals surface area contributed by atoms with Gasteiger partial charge in [0.25, 0.3) is 6.43 Å². The second-order valence-electron chi connectivity index (χ2n) is 8.51. The van der Waals surface area contributed by atoms with Crippen LogP contribution in [0.15, 0.2) is 36.4 Å². The molecule has 2 aromatic rings. The molecule has 1 aromatic carbocycles. The van der Waals surface area contributed by atoms with Crippen LogP contribution in [-0.4, -0.2) is 35.4 Å². The number of alkyl halides is 2. The first-order valence-corrected chi connectivity index (χ1v) is 11.1. The molecule has 10 heteroatoms. The van der Waals surface area contributed by atoms with Gasteiger partial charge in [-0.3, -0.25) is 9.59 Å². The van der Waals surface area contributed by atoms with Crippen molar-refractivity contribution < 1.29 is 22.8 Å². The molecule has 7 nitrogen and oxygen atoms in total. The first-order valence-electron chi connectivity index (χ1n) is 11.1. The Morgan fingerprint density at radius 1 is 1.21 bits per heavy atom. The lowest BCUT2D eigenvalue weighted by Crippen LogP contribution is -2.52. The number of aromatic nitrogens is 1. The van der Waals surface area contributed by atoms with Gasteiger partial charge >= 0.3 is 0 Å². The van der Waals surface area contributed by atoms with Gasteiger partial charge in [0.2, 0.25) is 11.8 Å². The van der Waals surface area contributed by atoms with Crippen LogP contribution in [0.4, 0.5) is 19.0 Å². The van der Waals surface area contributed by atoms with Gasteiger partial charge in [0.15, 0.2) is 0 Å². The molecule has 0 radical (unpaired) electrons. The number of nitrogens with zero attached hydrogens (tertiary/aromatic N) is 1. The fraction of sp³-hybridized carbons (Fsp3) is 0.375. The first-order chi connectivity index (χ1) is 16.2.